The van der Waals surface area contributed by atoms with Gasteiger partial charge in [0.25, 0.3) is 17.7 Å². The summed E-state index contributed by atoms with van der Waals surface area (Å²) < 4.78 is 32.5. The van der Waals surface area contributed by atoms with Crippen LogP contribution in [0.4, 0.5) is 8.78 Å². The van der Waals surface area contributed by atoms with Crippen LogP contribution in [0.3, 0.4) is 0 Å². The lowest BCUT2D eigenvalue weighted by atomic mass is 9.95. The zero-order valence-corrected chi connectivity index (χ0v) is 22.8. The molecule has 2 aliphatic rings. The summed E-state index contributed by atoms with van der Waals surface area (Å²) in [6.07, 6.45) is 5.26. The van der Waals surface area contributed by atoms with Crippen molar-refractivity contribution in [1.29, 1.82) is 0 Å². The Kier molecular flexibility index (Phi) is 8.21. The number of carbonyl (C=O) groups excluding carboxylic acids is 2. The number of fused-ring (bicyclic) bond motifs is 1. The fourth-order valence-corrected chi connectivity index (χ4v) is 5.29. The molecule has 0 radical (unpaired) electrons. The molecule has 8 heteroatoms. The van der Waals surface area contributed by atoms with Crippen LogP contribution in [0.5, 0.6) is 0 Å². The number of nitrogens with zero attached hydrogens (tertiary/aromatic N) is 2. The molecule has 2 aromatic carbocycles. The molecule has 0 aromatic heterocycles. The molecule has 0 spiro atoms. The topological polar surface area (TPSA) is 61.9 Å². The molecule has 2 aliphatic heterocycles. The summed E-state index contributed by atoms with van der Waals surface area (Å²) in [4.78, 5) is 29.8. The molecule has 0 bridgehead atoms. The number of aryl methyl sites for hydroxylation is 1. The fourth-order valence-electron chi connectivity index (χ4n) is 5.29. The van der Waals surface area contributed by atoms with E-state index >= 15 is 0 Å². The first-order chi connectivity index (χ1) is 18.0. The van der Waals surface area contributed by atoms with Gasteiger partial charge < -0.3 is 19.9 Å². The van der Waals surface area contributed by atoms with Crippen molar-refractivity contribution in [2.75, 3.05) is 39.9 Å². The largest absolute Gasteiger partial charge is 0.383 e. The highest BCUT2D eigenvalue weighted by Gasteiger charge is 2.34. The number of hydrogen-bond acceptors (Lipinski definition) is 4. The molecule has 1 N–H and O–H groups in total. The Hall–Kier alpha value is -3.26. The van der Waals surface area contributed by atoms with Crippen molar-refractivity contribution >= 4 is 24.1 Å². The zero-order chi connectivity index (χ0) is 27.6. The van der Waals surface area contributed by atoms with Crippen molar-refractivity contribution in [2.45, 2.75) is 46.1 Å². The van der Waals surface area contributed by atoms with Crippen LogP contribution < -0.4 is 15.8 Å². The van der Waals surface area contributed by atoms with E-state index in [1.807, 2.05) is 19.1 Å². The highest BCUT2D eigenvalue weighted by atomic mass is 19.3. The molecule has 1 saturated heterocycles. The highest BCUT2D eigenvalue weighted by molar-refractivity contribution is 5.96. The predicted molar refractivity (Wildman–Crippen MR) is 144 cm³/mol. The summed E-state index contributed by atoms with van der Waals surface area (Å²) in [5.41, 5.74) is 2.41. The maximum Gasteiger partial charge on any atom is 0.270 e. The Morgan fingerprint density at radius 3 is 2.55 bits per heavy atom. The third kappa shape index (κ3) is 5.90. The van der Waals surface area contributed by atoms with E-state index in [2.05, 4.69) is 29.4 Å². The molecular formula is C30H37F2N3O3. The summed E-state index contributed by atoms with van der Waals surface area (Å²) in [6, 6.07) is 8.58. The van der Waals surface area contributed by atoms with Gasteiger partial charge in [0.15, 0.2) is 0 Å². The SMILES string of the molecule is COCCNC(=O)c1ccc2c(c1C)=CN(CC1CN(C(=O)c3ccc(C(C)(F)F)c(C)c3)C1)C(C)CC=2. The number of halogens is 2. The molecular weight excluding hydrogens is 488 g/mol. The van der Waals surface area contributed by atoms with Crippen LogP contribution in [0.2, 0.25) is 0 Å². The van der Waals surface area contributed by atoms with Gasteiger partial charge in [0.05, 0.1) is 6.61 Å². The van der Waals surface area contributed by atoms with Gasteiger partial charge in [-0.25, -0.2) is 8.78 Å². The van der Waals surface area contributed by atoms with E-state index < -0.39 is 5.92 Å². The van der Waals surface area contributed by atoms with Crippen molar-refractivity contribution in [2.24, 2.45) is 5.92 Å². The van der Waals surface area contributed by atoms with E-state index in [-0.39, 0.29) is 23.4 Å². The average Bonchev–Trinajstić information content (AvgIpc) is 2.99. The van der Waals surface area contributed by atoms with Crippen LogP contribution in [0.1, 0.15) is 57.7 Å². The summed E-state index contributed by atoms with van der Waals surface area (Å²) >= 11 is 0. The minimum Gasteiger partial charge on any atom is -0.383 e. The smallest absolute Gasteiger partial charge is 0.270 e. The number of hydrogen-bond donors (Lipinski definition) is 1. The number of amides is 2. The molecule has 6 nitrogen and oxygen atoms in total. The lowest BCUT2D eigenvalue weighted by Gasteiger charge is -2.42. The van der Waals surface area contributed by atoms with Crippen molar-refractivity contribution < 1.29 is 23.1 Å². The molecule has 2 aromatic rings. The molecule has 1 unspecified atom stereocenters. The Morgan fingerprint density at radius 2 is 1.89 bits per heavy atom. The molecule has 2 amide bonds. The summed E-state index contributed by atoms with van der Waals surface area (Å²) in [7, 11) is 1.60. The lowest BCUT2D eigenvalue weighted by molar-refractivity contribution is 0.0167. The summed E-state index contributed by atoms with van der Waals surface area (Å²) in [6.45, 7) is 9.60. The van der Waals surface area contributed by atoms with Crippen LogP contribution in [-0.2, 0) is 10.7 Å². The first-order valence-corrected chi connectivity index (χ1v) is 13.1. The summed E-state index contributed by atoms with van der Waals surface area (Å²) in [5, 5.41) is 5.06. The number of ether oxygens (including phenoxy) is 1. The average molecular weight is 526 g/mol. The number of carbonyl (C=O) groups is 2. The molecule has 38 heavy (non-hydrogen) atoms. The van der Waals surface area contributed by atoms with Crippen molar-refractivity contribution in [1.82, 2.24) is 15.1 Å². The van der Waals surface area contributed by atoms with Crippen molar-refractivity contribution in [3.8, 4) is 0 Å². The van der Waals surface area contributed by atoms with Crippen molar-refractivity contribution in [3.05, 3.63) is 68.6 Å². The molecule has 2 heterocycles. The van der Waals surface area contributed by atoms with E-state index in [4.69, 9.17) is 4.74 Å². The summed E-state index contributed by atoms with van der Waals surface area (Å²) in [5.74, 6) is -2.86. The van der Waals surface area contributed by atoms with Crippen LogP contribution in [0.25, 0.3) is 12.3 Å². The number of benzene rings is 2. The Balaban J connectivity index is 1.45. The number of nitrogens with one attached hydrogen (secondary N) is 1. The van der Waals surface area contributed by atoms with Gasteiger partial charge >= 0.3 is 0 Å². The van der Waals surface area contributed by atoms with E-state index in [0.29, 0.717) is 48.8 Å². The van der Waals surface area contributed by atoms with Gasteiger partial charge in [0.1, 0.15) is 0 Å². The second-order valence-corrected chi connectivity index (χ2v) is 10.6. The second kappa shape index (κ2) is 11.2. The van der Waals surface area contributed by atoms with Gasteiger partial charge in [-0.2, -0.15) is 0 Å². The monoisotopic (exact) mass is 525 g/mol. The maximum absolute atomic E-state index is 13.7. The Labute approximate surface area is 223 Å². The van der Waals surface area contributed by atoms with E-state index in [0.717, 1.165) is 35.9 Å². The van der Waals surface area contributed by atoms with Crippen LogP contribution in [0, 0.1) is 19.8 Å². The van der Waals surface area contributed by atoms with Gasteiger partial charge in [-0.05, 0) is 61.7 Å². The number of rotatable bonds is 8. The molecule has 0 saturated carbocycles. The minimum atomic E-state index is -2.93. The standard InChI is InChI=1S/C30H37F2N3O3/c1-19-14-24(9-11-27(19)30(4,31)32)29(37)35-16-22(17-35)15-34-18-26-21(3)25(28(36)33-12-13-38-5)10-8-23(26)7-6-20(34)2/h7-11,14,18,20,22H,6,12-13,15-17H2,1-5H3,(H,33,36). The van der Waals surface area contributed by atoms with Crippen LogP contribution in [0.15, 0.2) is 30.3 Å². The predicted octanol–water partition coefficient (Wildman–Crippen LogP) is 3.18. The maximum atomic E-state index is 13.7. The molecule has 1 atom stereocenters. The number of methoxy groups -OCH3 is 1. The van der Waals surface area contributed by atoms with Gasteiger partial charge in [0, 0.05) is 80.3 Å². The van der Waals surface area contributed by atoms with Crippen molar-refractivity contribution in [3.63, 3.8) is 0 Å². The molecule has 0 aliphatic carbocycles. The van der Waals surface area contributed by atoms with Gasteiger partial charge in [0.2, 0.25) is 0 Å². The minimum absolute atomic E-state index is 0.0516. The van der Waals surface area contributed by atoms with Gasteiger partial charge in [-0.3, -0.25) is 9.59 Å². The highest BCUT2D eigenvalue weighted by Crippen LogP contribution is 2.31. The molecule has 4 rings (SSSR count). The Morgan fingerprint density at radius 1 is 1.16 bits per heavy atom. The van der Waals surface area contributed by atoms with Crippen LogP contribution >= 0.6 is 0 Å². The first kappa shape index (κ1) is 27.8. The van der Waals surface area contributed by atoms with Gasteiger partial charge in [-0.15, -0.1) is 0 Å². The fraction of sp³-hybridized carbons (Fsp3) is 0.467. The zero-order valence-electron chi connectivity index (χ0n) is 22.8. The quantitative estimate of drug-likeness (QED) is 0.538. The number of likely N-dealkylation sites (tertiary alicyclic amines) is 1. The normalized spacial score (nSPS) is 17.6. The molecule has 204 valence electrons. The molecule has 1 fully saturated rings. The van der Waals surface area contributed by atoms with E-state index in [9.17, 15) is 18.4 Å². The van der Waals surface area contributed by atoms with Crippen LogP contribution in [-0.4, -0.2) is 67.6 Å². The van der Waals surface area contributed by atoms with E-state index in [1.165, 1.54) is 12.1 Å². The Bertz CT molecular complexity index is 1330. The van der Waals surface area contributed by atoms with E-state index in [1.54, 1.807) is 25.0 Å². The first-order valence-electron chi connectivity index (χ1n) is 13.1. The lowest BCUT2D eigenvalue weighted by Crippen LogP contribution is -2.54. The van der Waals surface area contributed by atoms with Gasteiger partial charge in [-0.1, -0.05) is 18.2 Å². The third-order valence-corrected chi connectivity index (χ3v) is 7.58. The second-order valence-electron chi connectivity index (χ2n) is 10.6. The third-order valence-electron chi connectivity index (χ3n) is 7.58. The number of alkyl halides is 2.